The van der Waals surface area contributed by atoms with E-state index in [-0.39, 0.29) is 5.97 Å². The molecule has 0 aliphatic rings. The summed E-state index contributed by atoms with van der Waals surface area (Å²) < 4.78 is 4.92. The van der Waals surface area contributed by atoms with E-state index in [9.17, 15) is 4.79 Å². The summed E-state index contributed by atoms with van der Waals surface area (Å²) in [4.78, 5) is 10.9. The Morgan fingerprint density at radius 2 is 2.23 bits per heavy atom. The minimum Gasteiger partial charge on any atom is -0.458 e. The summed E-state index contributed by atoms with van der Waals surface area (Å²) >= 11 is 0. The lowest BCUT2D eigenvalue weighted by molar-refractivity contribution is -0.136. The second kappa shape index (κ2) is 7.59. The molecular formula is C11H18O2. The van der Waals surface area contributed by atoms with E-state index in [1.165, 1.54) is 6.08 Å². The van der Waals surface area contributed by atoms with Crippen LogP contribution < -0.4 is 0 Å². The summed E-state index contributed by atoms with van der Waals surface area (Å²) in [6.07, 6.45) is 6.27. The van der Waals surface area contributed by atoms with Gasteiger partial charge in [0.15, 0.2) is 0 Å². The van der Waals surface area contributed by atoms with Crippen molar-refractivity contribution in [3.63, 3.8) is 0 Å². The fourth-order valence-corrected chi connectivity index (χ4v) is 0.856. The average molecular weight is 182 g/mol. The van der Waals surface area contributed by atoms with Gasteiger partial charge in [-0.1, -0.05) is 26.0 Å². The van der Waals surface area contributed by atoms with Crippen LogP contribution in [0.1, 0.15) is 33.1 Å². The Hall–Kier alpha value is -1.05. The molecule has 0 rings (SSSR count). The van der Waals surface area contributed by atoms with Crippen molar-refractivity contribution >= 4 is 5.97 Å². The predicted octanol–water partition coefficient (Wildman–Crippen LogP) is 2.85. The maximum atomic E-state index is 10.9. The maximum absolute atomic E-state index is 10.9. The summed E-state index contributed by atoms with van der Waals surface area (Å²) in [6.45, 7) is 8.08. The van der Waals surface area contributed by atoms with Gasteiger partial charge in [0.25, 0.3) is 0 Å². The molecule has 0 unspecified atom stereocenters. The molecule has 0 heterocycles. The van der Waals surface area contributed by atoms with Gasteiger partial charge < -0.3 is 4.74 Å². The van der Waals surface area contributed by atoms with Crippen LogP contribution in [0.2, 0.25) is 0 Å². The molecule has 0 saturated carbocycles. The fraction of sp³-hybridized carbons (Fsp3) is 0.545. The minimum absolute atomic E-state index is 0.292. The normalized spacial score (nSPS) is 10.3. The first-order chi connectivity index (χ1) is 6.20. The molecule has 0 aromatic rings. The van der Waals surface area contributed by atoms with Gasteiger partial charge in [0, 0.05) is 6.08 Å². The Balaban J connectivity index is 3.52. The van der Waals surface area contributed by atoms with Crippen molar-refractivity contribution in [3.8, 4) is 0 Å². The second-order valence-electron chi connectivity index (χ2n) is 2.96. The lowest BCUT2D eigenvalue weighted by atomic mass is 10.1. The van der Waals surface area contributed by atoms with Gasteiger partial charge in [-0.25, -0.2) is 4.79 Å². The molecule has 74 valence electrons. The molecule has 0 aliphatic heterocycles. The third kappa shape index (κ3) is 7.32. The molecule has 0 aliphatic carbocycles. The Labute approximate surface area is 80.3 Å². The lowest BCUT2D eigenvalue weighted by Gasteiger charge is -2.04. The van der Waals surface area contributed by atoms with Crippen LogP contribution in [-0.2, 0) is 9.53 Å². The third-order valence-electron chi connectivity index (χ3n) is 1.61. The molecule has 0 fully saturated rings. The van der Waals surface area contributed by atoms with Crippen LogP contribution in [0, 0.1) is 0 Å². The van der Waals surface area contributed by atoms with Gasteiger partial charge in [-0.3, -0.25) is 0 Å². The smallest absolute Gasteiger partial charge is 0.330 e. The lowest BCUT2D eigenvalue weighted by Crippen LogP contribution is -2.03. The molecule has 0 atom stereocenters. The summed E-state index contributed by atoms with van der Waals surface area (Å²) in [5.41, 5.74) is 0.986. The number of carbonyl (C=O) groups excluding carboxylic acids is 1. The van der Waals surface area contributed by atoms with Gasteiger partial charge in [-0.2, -0.15) is 0 Å². The molecule has 2 heteroatoms. The van der Waals surface area contributed by atoms with E-state index < -0.39 is 0 Å². The van der Waals surface area contributed by atoms with Crippen LogP contribution in [0.25, 0.3) is 0 Å². The van der Waals surface area contributed by atoms with Crippen molar-refractivity contribution < 1.29 is 9.53 Å². The van der Waals surface area contributed by atoms with Crippen molar-refractivity contribution in [1.82, 2.24) is 0 Å². The Kier molecular flexibility index (Phi) is 6.98. The number of hydrogen-bond donors (Lipinski definition) is 0. The molecular weight excluding hydrogens is 164 g/mol. The average Bonchev–Trinajstić information content (AvgIpc) is 2.12. The quantitative estimate of drug-likeness (QED) is 0.358. The molecule has 0 N–H and O–H groups in total. The molecule has 0 saturated heterocycles. The highest BCUT2D eigenvalue weighted by Crippen LogP contribution is 2.05. The van der Waals surface area contributed by atoms with E-state index in [0.717, 1.165) is 24.8 Å². The zero-order valence-electron chi connectivity index (χ0n) is 8.51. The van der Waals surface area contributed by atoms with Gasteiger partial charge >= 0.3 is 5.97 Å². The largest absolute Gasteiger partial charge is 0.458 e. The predicted molar refractivity (Wildman–Crippen MR) is 54.4 cm³/mol. The molecule has 0 spiro atoms. The number of rotatable bonds is 6. The summed E-state index contributed by atoms with van der Waals surface area (Å²) in [7, 11) is 0. The number of carbonyl (C=O) groups is 1. The standard InChI is InChI=1S/C11H18O2/c1-4-6-8-10(3)9-13-11(12)7-5-2/h5,7H,3-4,6,8-9H2,1-2H3/b7-5+. The Morgan fingerprint density at radius 1 is 1.54 bits per heavy atom. The summed E-state index contributed by atoms with van der Waals surface area (Å²) in [5, 5.41) is 0. The van der Waals surface area contributed by atoms with Crippen LogP contribution in [0.5, 0.6) is 0 Å². The first-order valence-corrected chi connectivity index (χ1v) is 4.66. The maximum Gasteiger partial charge on any atom is 0.330 e. The van der Waals surface area contributed by atoms with E-state index in [4.69, 9.17) is 4.74 Å². The number of unbranched alkanes of at least 4 members (excludes halogenated alkanes) is 1. The number of esters is 1. The van der Waals surface area contributed by atoms with Gasteiger partial charge in [0.05, 0.1) is 0 Å². The molecule has 13 heavy (non-hydrogen) atoms. The van der Waals surface area contributed by atoms with Crippen LogP contribution in [0.3, 0.4) is 0 Å². The second-order valence-corrected chi connectivity index (χ2v) is 2.96. The van der Waals surface area contributed by atoms with E-state index in [0.29, 0.717) is 6.61 Å². The highest BCUT2D eigenvalue weighted by molar-refractivity contribution is 5.81. The SMILES string of the molecule is C=C(CCCC)COC(=O)/C=C/C. The van der Waals surface area contributed by atoms with Gasteiger partial charge in [0.2, 0.25) is 0 Å². The van der Waals surface area contributed by atoms with E-state index in [1.807, 2.05) is 0 Å². The number of ether oxygens (including phenoxy) is 1. The molecule has 0 amide bonds. The Morgan fingerprint density at radius 3 is 2.77 bits per heavy atom. The van der Waals surface area contributed by atoms with Crippen molar-refractivity contribution in [2.75, 3.05) is 6.61 Å². The van der Waals surface area contributed by atoms with Crippen molar-refractivity contribution in [3.05, 3.63) is 24.3 Å². The van der Waals surface area contributed by atoms with Gasteiger partial charge in [-0.15, -0.1) is 0 Å². The van der Waals surface area contributed by atoms with E-state index in [1.54, 1.807) is 13.0 Å². The van der Waals surface area contributed by atoms with Gasteiger partial charge in [-0.05, 0) is 25.3 Å². The number of hydrogen-bond acceptors (Lipinski definition) is 2. The zero-order valence-corrected chi connectivity index (χ0v) is 8.51. The summed E-state index contributed by atoms with van der Waals surface area (Å²) in [6, 6.07) is 0. The summed E-state index contributed by atoms with van der Waals surface area (Å²) in [5.74, 6) is -0.292. The van der Waals surface area contributed by atoms with Crippen LogP contribution in [-0.4, -0.2) is 12.6 Å². The van der Waals surface area contributed by atoms with Crippen LogP contribution in [0.15, 0.2) is 24.3 Å². The molecule has 2 nitrogen and oxygen atoms in total. The van der Waals surface area contributed by atoms with Gasteiger partial charge in [0.1, 0.15) is 6.61 Å². The van der Waals surface area contributed by atoms with Crippen LogP contribution >= 0.6 is 0 Å². The zero-order chi connectivity index (χ0) is 10.1. The van der Waals surface area contributed by atoms with Crippen molar-refractivity contribution in [2.24, 2.45) is 0 Å². The molecule has 0 bridgehead atoms. The van der Waals surface area contributed by atoms with Crippen molar-refractivity contribution in [1.29, 1.82) is 0 Å². The van der Waals surface area contributed by atoms with E-state index in [2.05, 4.69) is 13.5 Å². The van der Waals surface area contributed by atoms with Crippen molar-refractivity contribution in [2.45, 2.75) is 33.1 Å². The third-order valence-corrected chi connectivity index (χ3v) is 1.61. The molecule has 0 radical (unpaired) electrons. The minimum atomic E-state index is -0.292. The Bertz CT molecular complexity index is 192. The highest BCUT2D eigenvalue weighted by atomic mass is 16.5. The first kappa shape index (κ1) is 11.9. The first-order valence-electron chi connectivity index (χ1n) is 4.66. The molecule has 0 aromatic heterocycles. The highest BCUT2D eigenvalue weighted by Gasteiger charge is 1.98. The van der Waals surface area contributed by atoms with E-state index >= 15 is 0 Å². The fourth-order valence-electron chi connectivity index (χ4n) is 0.856. The van der Waals surface area contributed by atoms with Crippen LogP contribution in [0.4, 0.5) is 0 Å². The topological polar surface area (TPSA) is 26.3 Å². The monoisotopic (exact) mass is 182 g/mol. The molecule has 0 aromatic carbocycles. The number of allylic oxidation sites excluding steroid dienone is 1.